The van der Waals surface area contributed by atoms with Gasteiger partial charge in [0.1, 0.15) is 0 Å². The molecule has 8 heteroatoms. The molecule has 0 unspecified atom stereocenters. The van der Waals surface area contributed by atoms with Crippen molar-refractivity contribution in [2.45, 2.75) is 6.42 Å². The Kier molecular flexibility index (Phi) is 5.57. The zero-order chi connectivity index (χ0) is 19.4. The molecule has 0 fully saturated rings. The number of benzene rings is 1. The van der Waals surface area contributed by atoms with Crippen LogP contribution in [0, 0.1) is 0 Å². The van der Waals surface area contributed by atoms with Gasteiger partial charge in [-0.15, -0.1) is 0 Å². The van der Waals surface area contributed by atoms with E-state index in [-0.39, 0.29) is 25.4 Å². The van der Waals surface area contributed by atoms with E-state index in [4.69, 9.17) is 0 Å². The van der Waals surface area contributed by atoms with Gasteiger partial charge in [0, 0.05) is 44.1 Å². The second-order valence-corrected chi connectivity index (χ2v) is 8.22. The van der Waals surface area contributed by atoms with Gasteiger partial charge in [-0.05, 0) is 23.8 Å². The highest BCUT2D eigenvalue weighted by atomic mass is 32.2. The molecule has 0 saturated heterocycles. The van der Waals surface area contributed by atoms with Crippen molar-refractivity contribution in [2.75, 3.05) is 24.2 Å². The summed E-state index contributed by atoms with van der Waals surface area (Å²) in [4.78, 5) is 18.7. The van der Waals surface area contributed by atoms with Crippen LogP contribution in [0.1, 0.15) is 5.56 Å². The number of aryl methyl sites for hydroxylation is 1. The molecule has 27 heavy (non-hydrogen) atoms. The molecule has 142 valence electrons. The fraction of sp³-hybridized carbons (Fsp3) is 0.263. The number of aromatic nitrogens is 2. The summed E-state index contributed by atoms with van der Waals surface area (Å²) < 4.78 is 27.2. The number of carbonyl (C=O) groups is 1. The van der Waals surface area contributed by atoms with Crippen LogP contribution in [0.15, 0.2) is 55.0 Å². The van der Waals surface area contributed by atoms with Crippen molar-refractivity contribution in [3.63, 3.8) is 0 Å². The van der Waals surface area contributed by atoms with Crippen molar-refractivity contribution >= 4 is 32.5 Å². The lowest BCUT2D eigenvalue weighted by Crippen LogP contribution is -2.39. The number of amides is 1. The fourth-order valence-corrected chi connectivity index (χ4v) is 3.51. The number of sulfonamides is 1. The van der Waals surface area contributed by atoms with Crippen molar-refractivity contribution < 1.29 is 13.2 Å². The number of nitrogens with zero attached hydrogens (tertiary/aromatic N) is 3. The van der Waals surface area contributed by atoms with Gasteiger partial charge in [-0.3, -0.25) is 9.78 Å². The Morgan fingerprint density at radius 2 is 2.04 bits per heavy atom. The minimum atomic E-state index is -3.33. The first-order valence-electron chi connectivity index (χ1n) is 8.53. The first kappa shape index (κ1) is 19.1. The summed E-state index contributed by atoms with van der Waals surface area (Å²) in [5, 5.41) is 1.02. The SMILES string of the molecule is Cn1ccc2cccc(N(CCNS(C)(=O)=O)C(=O)Cc3cccnc3)c21. The predicted octanol–water partition coefficient (Wildman–Crippen LogP) is 1.70. The molecule has 2 heterocycles. The lowest BCUT2D eigenvalue weighted by atomic mass is 10.1. The van der Waals surface area contributed by atoms with Crippen LogP contribution in [0.5, 0.6) is 0 Å². The number of hydrogen-bond donors (Lipinski definition) is 1. The highest BCUT2D eigenvalue weighted by molar-refractivity contribution is 7.88. The number of fused-ring (bicyclic) bond motifs is 1. The molecule has 0 atom stereocenters. The topological polar surface area (TPSA) is 84.3 Å². The Morgan fingerprint density at radius 1 is 1.22 bits per heavy atom. The van der Waals surface area contributed by atoms with Crippen molar-refractivity contribution in [3.8, 4) is 0 Å². The van der Waals surface area contributed by atoms with E-state index in [9.17, 15) is 13.2 Å². The molecule has 1 aromatic carbocycles. The number of hydrogen-bond acceptors (Lipinski definition) is 4. The van der Waals surface area contributed by atoms with Gasteiger partial charge in [-0.2, -0.15) is 0 Å². The van der Waals surface area contributed by atoms with Crippen LogP contribution in [0.25, 0.3) is 10.9 Å². The van der Waals surface area contributed by atoms with Crippen LogP contribution in [0.3, 0.4) is 0 Å². The number of anilines is 1. The molecule has 3 aromatic rings. The third-order valence-electron chi connectivity index (χ3n) is 4.25. The number of para-hydroxylation sites is 1. The molecule has 3 rings (SSSR count). The molecule has 1 N–H and O–H groups in total. The lowest BCUT2D eigenvalue weighted by molar-refractivity contribution is -0.118. The zero-order valence-corrected chi connectivity index (χ0v) is 16.1. The second-order valence-electron chi connectivity index (χ2n) is 6.39. The zero-order valence-electron chi connectivity index (χ0n) is 15.3. The number of rotatable bonds is 7. The molecule has 0 bridgehead atoms. The van der Waals surface area contributed by atoms with Gasteiger partial charge in [0.2, 0.25) is 15.9 Å². The van der Waals surface area contributed by atoms with Crippen LogP contribution < -0.4 is 9.62 Å². The second kappa shape index (κ2) is 7.89. The van der Waals surface area contributed by atoms with Crippen molar-refractivity contribution in [1.82, 2.24) is 14.3 Å². The molecule has 1 amide bonds. The Bertz CT molecular complexity index is 1050. The third kappa shape index (κ3) is 4.72. The molecular formula is C19H22N4O3S. The first-order valence-corrected chi connectivity index (χ1v) is 10.4. The maximum atomic E-state index is 13.1. The number of nitrogens with one attached hydrogen (secondary N) is 1. The van der Waals surface area contributed by atoms with E-state index in [1.54, 1.807) is 23.4 Å². The summed E-state index contributed by atoms with van der Waals surface area (Å²) in [7, 11) is -1.41. The molecule has 0 saturated carbocycles. The van der Waals surface area contributed by atoms with Gasteiger partial charge in [0.05, 0.1) is 23.9 Å². The van der Waals surface area contributed by atoms with Gasteiger partial charge < -0.3 is 9.47 Å². The van der Waals surface area contributed by atoms with Crippen LogP contribution in [-0.4, -0.2) is 43.2 Å². The fourth-order valence-electron chi connectivity index (χ4n) is 3.05. The molecule has 0 aliphatic carbocycles. The summed E-state index contributed by atoms with van der Waals surface area (Å²) in [5.41, 5.74) is 2.49. The summed E-state index contributed by atoms with van der Waals surface area (Å²) in [6.45, 7) is 0.370. The summed E-state index contributed by atoms with van der Waals surface area (Å²) in [6, 6.07) is 11.4. The minimum absolute atomic E-state index is 0.119. The molecule has 0 aliphatic rings. The van der Waals surface area contributed by atoms with Gasteiger partial charge in [-0.25, -0.2) is 13.1 Å². The lowest BCUT2D eigenvalue weighted by Gasteiger charge is -2.24. The first-order chi connectivity index (χ1) is 12.8. The van der Waals surface area contributed by atoms with Gasteiger partial charge in [0.25, 0.3) is 0 Å². The summed E-state index contributed by atoms with van der Waals surface area (Å²) in [6.07, 6.45) is 6.55. The highest BCUT2D eigenvalue weighted by Crippen LogP contribution is 2.27. The van der Waals surface area contributed by atoms with E-state index in [2.05, 4.69) is 9.71 Å². The normalized spacial score (nSPS) is 11.6. The molecule has 0 spiro atoms. The maximum Gasteiger partial charge on any atom is 0.231 e. The van der Waals surface area contributed by atoms with Gasteiger partial charge >= 0.3 is 0 Å². The smallest absolute Gasteiger partial charge is 0.231 e. The van der Waals surface area contributed by atoms with Crippen LogP contribution in [0.2, 0.25) is 0 Å². The highest BCUT2D eigenvalue weighted by Gasteiger charge is 2.20. The third-order valence-corrected chi connectivity index (χ3v) is 4.97. The molecule has 0 aliphatic heterocycles. The Labute approximate surface area is 158 Å². The van der Waals surface area contributed by atoms with Gasteiger partial charge in [0.15, 0.2) is 0 Å². The quantitative estimate of drug-likeness (QED) is 0.670. The standard InChI is InChI=1S/C19H22N4O3S/c1-22-11-8-16-6-3-7-17(19(16)22)23(12-10-21-27(2,25)26)18(24)13-15-5-4-9-20-14-15/h3-9,11,14,21H,10,12-13H2,1-2H3. The monoisotopic (exact) mass is 386 g/mol. The largest absolute Gasteiger partial charge is 0.349 e. The van der Waals surface area contributed by atoms with Crippen LogP contribution in [-0.2, 0) is 28.3 Å². The van der Waals surface area contributed by atoms with Crippen LogP contribution >= 0.6 is 0 Å². The van der Waals surface area contributed by atoms with Crippen molar-refractivity contribution in [2.24, 2.45) is 7.05 Å². The van der Waals surface area contributed by atoms with Gasteiger partial charge in [-0.1, -0.05) is 18.2 Å². The average molecular weight is 386 g/mol. The number of pyridine rings is 1. The van der Waals surface area contributed by atoms with Crippen molar-refractivity contribution in [1.29, 1.82) is 0 Å². The molecular weight excluding hydrogens is 364 g/mol. The maximum absolute atomic E-state index is 13.1. The van der Waals surface area contributed by atoms with Crippen molar-refractivity contribution in [3.05, 3.63) is 60.6 Å². The summed E-state index contributed by atoms with van der Waals surface area (Å²) in [5.74, 6) is -0.119. The number of carbonyl (C=O) groups excluding carboxylic acids is 1. The Morgan fingerprint density at radius 3 is 2.74 bits per heavy atom. The Balaban J connectivity index is 1.93. The van der Waals surface area contributed by atoms with E-state index >= 15 is 0 Å². The minimum Gasteiger partial charge on any atom is -0.349 e. The summed E-state index contributed by atoms with van der Waals surface area (Å²) >= 11 is 0. The molecule has 7 nitrogen and oxygen atoms in total. The van der Waals surface area contributed by atoms with E-state index in [0.29, 0.717) is 0 Å². The van der Waals surface area contributed by atoms with E-state index in [1.807, 2.05) is 48.1 Å². The van der Waals surface area contributed by atoms with E-state index in [1.165, 1.54) is 0 Å². The predicted molar refractivity (Wildman–Crippen MR) is 106 cm³/mol. The molecule has 2 aromatic heterocycles. The average Bonchev–Trinajstić information content (AvgIpc) is 3.00. The Hall–Kier alpha value is -2.71. The molecule has 0 radical (unpaired) electrons. The van der Waals surface area contributed by atoms with E-state index in [0.717, 1.165) is 28.4 Å². The van der Waals surface area contributed by atoms with E-state index < -0.39 is 10.0 Å². The van der Waals surface area contributed by atoms with Crippen LogP contribution in [0.4, 0.5) is 5.69 Å².